The lowest BCUT2D eigenvalue weighted by Gasteiger charge is -2.01. The summed E-state index contributed by atoms with van der Waals surface area (Å²) in [6.07, 6.45) is 8.66. The van der Waals surface area contributed by atoms with Crippen molar-refractivity contribution in [1.29, 1.82) is 0 Å². The van der Waals surface area contributed by atoms with Crippen LogP contribution < -0.4 is 0 Å². The summed E-state index contributed by atoms with van der Waals surface area (Å²) in [6.45, 7) is 7.44. The number of nitrogens with zero attached hydrogens (tertiary/aromatic N) is 15. The molecular weight excluding hydrogens is 1340 g/mol. The molecular formula is C78H65N15O12. The number of ether oxygens (including phenoxy) is 5. The van der Waals surface area contributed by atoms with Crippen LogP contribution in [0.2, 0.25) is 0 Å². The number of carbonyl (C=O) groups excluding carboxylic acids is 5. The molecule has 15 rings (SSSR count). The molecule has 0 bridgehead atoms. The highest BCUT2D eigenvalue weighted by Gasteiger charge is 2.21. The smallest absolute Gasteiger partial charge is 0.327 e. The Morgan fingerprint density at radius 2 is 0.724 bits per heavy atom. The first-order valence-corrected chi connectivity index (χ1v) is 32.3. The standard InChI is InChI=1S/C17H13N3O2.C16H13N3O4.3C15H13N3O2/c1-18-13-7-5-6-12(10-13)17-14-8-3-4-9-15(14)20(19-17)11-16(21)22-2;1-23-15(20)10-18-14-8-3-2-7-13(14)16(17-18)11-5-4-6-12(9-11)19(21)22;1-20-14(19)10-18-13-8-3-2-6-11(13)15(17-18)12-7-4-5-9-16-12;1-20-14(19)10-18-13-7-3-2-6-12(13)15(17-18)11-5-4-8-16-9-11;1-20-14(19)10-18-13-5-3-2-4-12(13)15(17-18)11-6-8-16-9-7-11/h3-10H,11H2,2H3;2-9H,10H2,1H3;3*2-9H,10H2,1H3. The van der Waals surface area contributed by atoms with Crippen LogP contribution in [0.1, 0.15) is 0 Å². The van der Waals surface area contributed by atoms with Crippen LogP contribution in [0.4, 0.5) is 11.4 Å². The third-order valence-corrected chi connectivity index (χ3v) is 16.2. The Balaban J connectivity index is 0.000000131. The Labute approximate surface area is 599 Å². The molecule has 0 aliphatic rings. The first-order valence-electron chi connectivity index (χ1n) is 32.3. The van der Waals surface area contributed by atoms with Gasteiger partial charge in [-0.2, -0.15) is 25.5 Å². The summed E-state index contributed by atoms with van der Waals surface area (Å²) in [5.41, 5.74) is 12.8. The maximum absolute atomic E-state index is 11.5. The van der Waals surface area contributed by atoms with Crippen molar-refractivity contribution in [2.75, 3.05) is 35.5 Å². The van der Waals surface area contributed by atoms with Gasteiger partial charge in [0.2, 0.25) is 0 Å². The second-order valence-electron chi connectivity index (χ2n) is 22.7. The number of para-hydroxylation sites is 5. The topological polar surface area (TPSA) is 307 Å². The number of carbonyl (C=O) groups is 5. The van der Waals surface area contributed by atoms with Crippen molar-refractivity contribution < 1.29 is 52.6 Å². The summed E-state index contributed by atoms with van der Waals surface area (Å²) >= 11 is 0. The molecule has 105 heavy (non-hydrogen) atoms. The van der Waals surface area contributed by atoms with Crippen molar-refractivity contribution >= 4 is 95.7 Å². The van der Waals surface area contributed by atoms with Gasteiger partial charge in [-0.05, 0) is 78.4 Å². The summed E-state index contributed by atoms with van der Waals surface area (Å²) in [5.74, 6) is -1.74. The Bertz CT molecular complexity index is 5340. The fourth-order valence-electron chi connectivity index (χ4n) is 11.2. The molecule has 0 saturated heterocycles. The number of fused-ring (bicyclic) bond motifs is 5. The van der Waals surface area contributed by atoms with Gasteiger partial charge in [-0.1, -0.05) is 127 Å². The minimum absolute atomic E-state index is 0.00546. The summed E-state index contributed by atoms with van der Waals surface area (Å²) in [7, 11) is 6.78. The van der Waals surface area contributed by atoms with E-state index in [9.17, 15) is 34.1 Å². The van der Waals surface area contributed by atoms with Crippen molar-refractivity contribution in [2.24, 2.45) is 0 Å². The van der Waals surface area contributed by atoms with E-state index in [2.05, 4.69) is 50.0 Å². The Hall–Kier alpha value is -14.4. The molecule has 0 aliphatic carbocycles. The van der Waals surface area contributed by atoms with E-state index in [0.717, 1.165) is 99.7 Å². The second-order valence-corrected chi connectivity index (χ2v) is 22.7. The summed E-state index contributed by atoms with van der Waals surface area (Å²) in [4.78, 5) is 83.9. The maximum atomic E-state index is 11.5. The van der Waals surface area contributed by atoms with Gasteiger partial charge in [-0.3, -0.25) is 72.4 Å². The Morgan fingerprint density at radius 1 is 0.371 bits per heavy atom. The van der Waals surface area contributed by atoms with E-state index in [1.165, 1.54) is 52.4 Å². The van der Waals surface area contributed by atoms with Crippen LogP contribution in [-0.2, 0) is 80.4 Å². The summed E-state index contributed by atoms with van der Waals surface area (Å²) in [5, 5.41) is 38.2. The van der Waals surface area contributed by atoms with E-state index < -0.39 is 10.9 Å². The zero-order valence-corrected chi connectivity index (χ0v) is 57.2. The number of non-ortho nitro benzene ring substituents is 1. The lowest BCUT2D eigenvalue weighted by molar-refractivity contribution is -0.384. The minimum atomic E-state index is -0.447. The number of pyridine rings is 3. The molecule has 0 fully saturated rings. The summed E-state index contributed by atoms with van der Waals surface area (Å²) < 4.78 is 31.6. The number of hydrogen-bond donors (Lipinski definition) is 0. The Morgan fingerprint density at radius 3 is 1.10 bits per heavy atom. The number of esters is 5. The molecule has 0 N–H and O–H groups in total. The largest absolute Gasteiger partial charge is 0.468 e. The number of nitro benzene ring substituents is 1. The van der Waals surface area contributed by atoms with Gasteiger partial charge in [0.1, 0.15) is 55.5 Å². The van der Waals surface area contributed by atoms with Gasteiger partial charge in [0.25, 0.3) is 5.69 Å². The van der Waals surface area contributed by atoms with Gasteiger partial charge < -0.3 is 23.7 Å². The number of benzene rings is 7. The van der Waals surface area contributed by atoms with E-state index in [1.807, 2.05) is 176 Å². The van der Waals surface area contributed by atoms with Crippen molar-refractivity contribution in [3.63, 3.8) is 0 Å². The molecule has 27 nitrogen and oxygen atoms in total. The lowest BCUT2D eigenvalue weighted by Crippen LogP contribution is -2.12. The van der Waals surface area contributed by atoms with E-state index in [4.69, 9.17) is 25.5 Å². The molecule has 524 valence electrons. The van der Waals surface area contributed by atoms with Crippen molar-refractivity contribution in [2.45, 2.75) is 32.7 Å². The van der Waals surface area contributed by atoms with E-state index in [1.54, 1.807) is 74.0 Å². The van der Waals surface area contributed by atoms with Crippen LogP contribution in [0.15, 0.2) is 243 Å². The van der Waals surface area contributed by atoms with Crippen LogP contribution in [0, 0.1) is 16.7 Å². The molecule has 0 saturated carbocycles. The van der Waals surface area contributed by atoms with Crippen molar-refractivity contribution in [3.05, 3.63) is 265 Å². The molecule has 8 aromatic heterocycles. The number of hydrogen-bond acceptors (Lipinski definition) is 20. The maximum Gasteiger partial charge on any atom is 0.327 e. The first-order chi connectivity index (χ1) is 51.2. The fourth-order valence-corrected chi connectivity index (χ4v) is 11.2. The molecule has 7 aromatic carbocycles. The summed E-state index contributed by atoms with van der Waals surface area (Å²) in [6, 6.07) is 65.3. The average Bonchev–Trinajstić information content (AvgIpc) is 1.62. The molecule has 0 unspecified atom stereocenters. The molecule has 0 radical (unpaired) electrons. The lowest BCUT2D eigenvalue weighted by atomic mass is 10.1. The highest BCUT2D eigenvalue weighted by Crippen LogP contribution is 2.34. The molecule has 0 spiro atoms. The van der Waals surface area contributed by atoms with Gasteiger partial charge in [-0.25, -0.2) is 4.85 Å². The average molecular weight is 1400 g/mol. The number of nitro groups is 1. The van der Waals surface area contributed by atoms with Crippen LogP contribution in [0.5, 0.6) is 0 Å². The van der Waals surface area contributed by atoms with Crippen LogP contribution in [-0.4, -0.2) is 134 Å². The molecule has 15 aromatic rings. The molecule has 8 heterocycles. The van der Waals surface area contributed by atoms with Crippen molar-refractivity contribution in [3.8, 4) is 56.4 Å². The Kier molecular flexibility index (Phi) is 23.3. The van der Waals surface area contributed by atoms with E-state index >= 15 is 0 Å². The highest BCUT2D eigenvalue weighted by atomic mass is 16.6. The molecule has 27 heteroatoms. The van der Waals surface area contributed by atoms with Gasteiger partial charge in [-0.15, -0.1) is 0 Å². The number of rotatable bonds is 16. The van der Waals surface area contributed by atoms with Gasteiger partial charge in [0.05, 0.1) is 86.0 Å². The van der Waals surface area contributed by atoms with Crippen molar-refractivity contribution in [1.82, 2.24) is 63.9 Å². The molecule has 0 aliphatic heterocycles. The van der Waals surface area contributed by atoms with E-state index in [0.29, 0.717) is 16.9 Å². The predicted octanol–water partition coefficient (Wildman–Crippen LogP) is 13.0. The van der Waals surface area contributed by atoms with Gasteiger partial charge in [0, 0.05) is 86.7 Å². The number of aromatic nitrogens is 13. The van der Waals surface area contributed by atoms with Gasteiger partial charge >= 0.3 is 29.8 Å². The minimum Gasteiger partial charge on any atom is -0.468 e. The fraction of sp³-hybridized carbons (Fsp3) is 0.128. The van der Waals surface area contributed by atoms with Crippen LogP contribution in [0.25, 0.3) is 116 Å². The number of methoxy groups -OCH3 is 5. The first kappa shape index (κ1) is 71.9. The molecule has 0 atom stereocenters. The van der Waals surface area contributed by atoms with Crippen LogP contribution >= 0.6 is 0 Å². The SMILES string of the molecule is COC(=O)Cn1nc(-c2cccc([N+](=O)[O-])c2)c2ccccc21.COC(=O)Cn1nc(-c2ccccn2)c2ccccc21.COC(=O)Cn1nc(-c2cccnc2)c2ccccc21.COC(=O)Cn1nc(-c2ccncc2)c2ccccc21.[C-]#[N+]c1cccc(-c2nn(CC(=O)OC)c3ccccc23)c1. The quantitative estimate of drug-likeness (QED) is 0.0285. The van der Waals surface area contributed by atoms with Gasteiger partial charge in [0.15, 0.2) is 5.69 Å². The third-order valence-electron chi connectivity index (χ3n) is 16.2. The zero-order chi connectivity index (χ0) is 73.8. The second kappa shape index (κ2) is 34.1. The highest BCUT2D eigenvalue weighted by molar-refractivity contribution is 5.98. The monoisotopic (exact) mass is 1400 g/mol. The predicted molar refractivity (Wildman–Crippen MR) is 392 cm³/mol. The van der Waals surface area contributed by atoms with Crippen LogP contribution in [0.3, 0.4) is 0 Å². The third kappa shape index (κ3) is 17.1. The zero-order valence-electron chi connectivity index (χ0n) is 57.2. The normalized spacial score (nSPS) is 10.6. The molecule has 0 amide bonds. The van der Waals surface area contributed by atoms with E-state index in [-0.39, 0.29) is 62.3 Å².